The first-order valence-electron chi connectivity index (χ1n) is 4.71. The Morgan fingerprint density at radius 3 is 2.44 bits per heavy atom. The Balaban J connectivity index is 3.04. The first-order valence-corrected chi connectivity index (χ1v) is 5.50. The SMILES string of the molecule is COc1c(Br)ccc(CCC(=O)O)c1OC. The summed E-state index contributed by atoms with van der Waals surface area (Å²) in [7, 11) is 3.08. The molecule has 0 aliphatic rings. The van der Waals surface area contributed by atoms with Gasteiger partial charge in [0.05, 0.1) is 18.7 Å². The maximum atomic E-state index is 10.5. The molecule has 1 aromatic rings. The van der Waals surface area contributed by atoms with E-state index in [1.54, 1.807) is 7.11 Å². The third-order valence-electron chi connectivity index (χ3n) is 2.16. The molecule has 0 saturated heterocycles. The number of hydrogen-bond acceptors (Lipinski definition) is 3. The van der Waals surface area contributed by atoms with Crippen molar-refractivity contribution in [2.75, 3.05) is 14.2 Å². The van der Waals surface area contributed by atoms with Crippen LogP contribution in [0.25, 0.3) is 0 Å². The number of hydrogen-bond donors (Lipinski definition) is 1. The Kier molecular flexibility index (Phi) is 4.61. The average Bonchev–Trinajstić information content (AvgIpc) is 2.26. The van der Waals surface area contributed by atoms with Gasteiger partial charge >= 0.3 is 5.97 Å². The van der Waals surface area contributed by atoms with Crippen LogP contribution in [-0.4, -0.2) is 25.3 Å². The van der Waals surface area contributed by atoms with Gasteiger partial charge in [0, 0.05) is 6.42 Å². The normalized spacial score (nSPS) is 9.94. The van der Waals surface area contributed by atoms with Crippen LogP contribution in [0.4, 0.5) is 0 Å². The Morgan fingerprint density at radius 1 is 1.31 bits per heavy atom. The zero-order valence-electron chi connectivity index (χ0n) is 9.12. The highest BCUT2D eigenvalue weighted by molar-refractivity contribution is 9.10. The van der Waals surface area contributed by atoms with E-state index in [-0.39, 0.29) is 6.42 Å². The number of rotatable bonds is 5. The van der Waals surface area contributed by atoms with Crippen molar-refractivity contribution in [1.82, 2.24) is 0 Å². The lowest BCUT2D eigenvalue weighted by molar-refractivity contribution is -0.136. The van der Waals surface area contributed by atoms with Gasteiger partial charge in [0.15, 0.2) is 11.5 Å². The largest absolute Gasteiger partial charge is 0.493 e. The van der Waals surface area contributed by atoms with Crippen LogP contribution in [-0.2, 0) is 11.2 Å². The maximum absolute atomic E-state index is 10.5. The maximum Gasteiger partial charge on any atom is 0.303 e. The molecule has 0 saturated carbocycles. The van der Waals surface area contributed by atoms with Gasteiger partial charge in [-0.3, -0.25) is 4.79 Å². The molecule has 0 heterocycles. The third kappa shape index (κ3) is 2.88. The average molecular weight is 289 g/mol. The minimum Gasteiger partial charge on any atom is -0.493 e. The third-order valence-corrected chi connectivity index (χ3v) is 2.79. The quantitative estimate of drug-likeness (QED) is 0.904. The smallest absolute Gasteiger partial charge is 0.303 e. The van der Waals surface area contributed by atoms with Gasteiger partial charge in [0.1, 0.15) is 0 Å². The molecule has 1 rings (SSSR count). The molecule has 0 aliphatic heterocycles. The van der Waals surface area contributed by atoms with Gasteiger partial charge in [-0.1, -0.05) is 6.07 Å². The predicted molar refractivity (Wildman–Crippen MR) is 63.2 cm³/mol. The van der Waals surface area contributed by atoms with E-state index in [2.05, 4.69) is 15.9 Å². The van der Waals surface area contributed by atoms with Gasteiger partial charge in [-0.2, -0.15) is 0 Å². The van der Waals surface area contributed by atoms with Gasteiger partial charge < -0.3 is 14.6 Å². The van der Waals surface area contributed by atoms with E-state index in [0.29, 0.717) is 17.9 Å². The molecule has 0 spiro atoms. The number of carboxylic acid groups (broad SMARTS) is 1. The second-order valence-electron chi connectivity index (χ2n) is 3.17. The van der Waals surface area contributed by atoms with Crippen LogP contribution in [0.3, 0.4) is 0 Å². The number of aliphatic carboxylic acids is 1. The summed E-state index contributed by atoms with van der Waals surface area (Å²) in [5, 5.41) is 8.64. The van der Waals surface area contributed by atoms with Crippen LogP contribution in [0.5, 0.6) is 11.5 Å². The lowest BCUT2D eigenvalue weighted by atomic mass is 10.1. The van der Waals surface area contributed by atoms with Crippen molar-refractivity contribution in [3.05, 3.63) is 22.2 Å². The summed E-state index contributed by atoms with van der Waals surface area (Å²) in [6, 6.07) is 3.65. The Labute approximate surface area is 102 Å². The molecule has 0 aromatic heterocycles. The highest BCUT2D eigenvalue weighted by Gasteiger charge is 2.14. The van der Waals surface area contributed by atoms with Crippen LogP contribution in [0.1, 0.15) is 12.0 Å². The number of methoxy groups -OCH3 is 2. The summed E-state index contributed by atoms with van der Waals surface area (Å²) in [6.07, 6.45) is 0.489. The molecule has 0 fully saturated rings. The van der Waals surface area contributed by atoms with Crippen LogP contribution in [0.2, 0.25) is 0 Å². The van der Waals surface area contributed by atoms with Gasteiger partial charge in [0.2, 0.25) is 0 Å². The van der Waals surface area contributed by atoms with E-state index in [1.807, 2.05) is 12.1 Å². The van der Waals surface area contributed by atoms with E-state index >= 15 is 0 Å². The Morgan fingerprint density at radius 2 is 1.94 bits per heavy atom. The van der Waals surface area contributed by atoms with Gasteiger partial charge in [0.25, 0.3) is 0 Å². The van der Waals surface area contributed by atoms with Crippen molar-refractivity contribution in [2.24, 2.45) is 0 Å². The number of carbonyl (C=O) groups is 1. The number of benzene rings is 1. The first kappa shape index (κ1) is 12.8. The second kappa shape index (κ2) is 5.75. The van der Waals surface area contributed by atoms with Gasteiger partial charge in [-0.05, 0) is 34.0 Å². The molecule has 88 valence electrons. The lowest BCUT2D eigenvalue weighted by Crippen LogP contribution is -2.01. The molecule has 0 aliphatic carbocycles. The van der Waals surface area contributed by atoms with Crippen molar-refractivity contribution in [2.45, 2.75) is 12.8 Å². The van der Waals surface area contributed by atoms with Crippen molar-refractivity contribution >= 4 is 21.9 Å². The molecule has 0 atom stereocenters. The van der Waals surface area contributed by atoms with E-state index in [0.717, 1.165) is 10.0 Å². The van der Waals surface area contributed by atoms with Gasteiger partial charge in [-0.25, -0.2) is 0 Å². The molecule has 0 unspecified atom stereocenters. The Hall–Kier alpha value is -1.23. The molecule has 0 radical (unpaired) electrons. The van der Waals surface area contributed by atoms with Gasteiger partial charge in [-0.15, -0.1) is 0 Å². The molecule has 16 heavy (non-hydrogen) atoms. The summed E-state index contributed by atoms with van der Waals surface area (Å²) < 4.78 is 11.2. The fourth-order valence-corrected chi connectivity index (χ4v) is 1.91. The van der Waals surface area contributed by atoms with E-state index in [9.17, 15) is 4.79 Å². The first-order chi connectivity index (χ1) is 7.60. The standard InChI is InChI=1S/C11H13BrO4/c1-15-10-7(4-6-9(13)14)3-5-8(12)11(10)16-2/h3,5H,4,6H2,1-2H3,(H,13,14). The minimum atomic E-state index is -0.830. The van der Waals surface area contributed by atoms with Crippen LogP contribution in [0.15, 0.2) is 16.6 Å². The minimum absolute atomic E-state index is 0.0706. The molecular weight excluding hydrogens is 276 g/mol. The number of ether oxygens (including phenoxy) is 2. The van der Waals surface area contributed by atoms with Crippen molar-refractivity contribution in [1.29, 1.82) is 0 Å². The Bertz CT molecular complexity index is 390. The highest BCUT2D eigenvalue weighted by atomic mass is 79.9. The van der Waals surface area contributed by atoms with E-state index < -0.39 is 5.97 Å². The molecule has 1 N–H and O–H groups in total. The van der Waals surface area contributed by atoms with Crippen LogP contribution < -0.4 is 9.47 Å². The summed E-state index contributed by atoms with van der Waals surface area (Å²) in [5.74, 6) is 0.340. The zero-order valence-corrected chi connectivity index (χ0v) is 10.7. The van der Waals surface area contributed by atoms with Crippen LogP contribution >= 0.6 is 15.9 Å². The van der Waals surface area contributed by atoms with Crippen LogP contribution in [0, 0.1) is 0 Å². The predicted octanol–water partition coefficient (Wildman–Crippen LogP) is 2.48. The molecule has 0 bridgehead atoms. The monoisotopic (exact) mass is 288 g/mol. The lowest BCUT2D eigenvalue weighted by Gasteiger charge is -2.13. The summed E-state index contributed by atoms with van der Waals surface area (Å²) in [4.78, 5) is 10.5. The highest BCUT2D eigenvalue weighted by Crippen LogP contribution is 2.38. The second-order valence-corrected chi connectivity index (χ2v) is 4.02. The van der Waals surface area contributed by atoms with Crippen molar-refractivity contribution in [3.8, 4) is 11.5 Å². The van der Waals surface area contributed by atoms with E-state index in [1.165, 1.54) is 7.11 Å². The number of carboxylic acids is 1. The molecular formula is C11H13BrO4. The van der Waals surface area contributed by atoms with Crippen molar-refractivity contribution < 1.29 is 19.4 Å². The number of aryl methyl sites for hydroxylation is 1. The summed E-state index contributed by atoms with van der Waals surface area (Å²) in [6.45, 7) is 0. The summed E-state index contributed by atoms with van der Waals surface area (Å²) in [5.41, 5.74) is 0.824. The fraction of sp³-hybridized carbons (Fsp3) is 0.364. The molecule has 0 amide bonds. The van der Waals surface area contributed by atoms with E-state index in [4.69, 9.17) is 14.6 Å². The van der Waals surface area contributed by atoms with Crippen molar-refractivity contribution in [3.63, 3.8) is 0 Å². The fourth-order valence-electron chi connectivity index (χ4n) is 1.43. The molecule has 1 aromatic carbocycles. The summed E-state index contributed by atoms with van der Waals surface area (Å²) >= 11 is 3.34. The molecule has 5 heteroatoms. The zero-order chi connectivity index (χ0) is 12.1. The number of halogens is 1. The molecule has 4 nitrogen and oxygen atoms in total. The topological polar surface area (TPSA) is 55.8 Å².